The van der Waals surface area contributed by atoms with Gasteiger partial charge in [0.2, 0.25) is 0 Å². The quantitative estimate of drug-likeness (QED) is 0.727. The average Bonchev–Trinajstić information content (AvgIpc) is 2.63. The molecule has 2 fully saturated rings. The summed E-state index contributed by atoms with van der Waals surface area (Å²) < 4.78 is 10.2. The normalized spacial score (nSPS) is 18.2. The predicted molar refractivity (Wildman–Crippen MR) is 104 cm³/mol. The Morgan fingerprint density at radius 1 is 1.18 bits per heavy atom. The van der Waals surface area contributed by atoms with Gasteiger partial charge in [0.05, 0.1) is 18.2 Å². The molecule has 0 atom stereocenters. The summed E-state index contributed by atoms with van der Waals surface area (Å²) in [5.41, 5.74) is 1.24. The van der Waals surface area contributed by atoms with E-state index in [1.54, 1.807) is 17.0 Å². The first-order valence-corrected chi connectivity index (χ1v) is 9.52. The Morgan fingerprint density at radius 2 is 1.82 bits per heavy atom. The van der Waals surface area contributed by atoms with Crippen molar-refractivity contribution in [1.82, 2.24) is 4.90 Å². The Kier molecular flexibility index (Phi) is 5.24. The van der Waals surface area contributed by atoms with Gasteiger partial charge in [-0.1, -0.05) is 0 Å². The number of piperidine rings is 1. The lowest BCUT2D eigenvalue weighted by Gasteiger charge is -2.55. The lowest BCUT2D eigenvalue weighted by atomic mass is 9.72. The van der Waals surface area contributed by atoms with Gasteiger partial charge in [-0.15, -0.1) is 0 Å². The van der Waals surface area contributed by atoms with Crippen LogP contribution in [0.4, 0.5) is 10.5 Å². The van der Waals surface area contributed by atoms with Crippen molar-refractivity contribution in [2.24, 2.45) is 5.41 Å². The molecular formula is C21H27N3O4. The molecular weight excluding hydrogens is 358 g/mol. The van der Waals surface area contributed by atoms with E-state index in [-0.39, 0.29) is 11.5 Å². The number of ether oxygens (including phenoxy) is 2. The number of hydrogen-bond acceptors (Lipinski definition) is 6. The van der Waals surface area contributed by atoms with E-state index in [9.17, 15) is 14.9 Å². The van der Waals surface area contributed by atoms with Crippen molar-refractivity contribution in [2.45, 2.75) is 39.2 Å². The number of carbonyl (C=O) groups is 2. The molecule has 1 aromatic rings. The number of benzene rings is 1. The number of carbonyl (C=O) groups excluding carboxylic acids is 2. The molecule has 2 aliphatic rings. The standard InChI is InChI=1S/C21H27N3O4/c1-20(2,3)28-19(26)23-9-7-21(8-10-23)13-24(14-21)16-6-5-15(12-22)17(11-16)18(25)27-4/h5-6,11H,7-10,13-14H2,1-4H3. The summed E-state index contributed by atoms with van der Waals surface area (Å²) >= 11 is 0. The van der Waals surface area contributed by atoms with Gasteiger partial charge < -0.3 is 19.3 Å². The number of amides is 1. The van der Waals surface area contributed by atoms with Crippen LogP contribution in [0.25, 0.3) is 0 Å². The van der Waals surface area contributed by atoms with Gasteiger partial charge in [-0.05, 0) is 51.8 Å². The summed E-state index contributed by atoms with van der Waals surface area (Å²) in [6.07, 6.45) is 1.62. The molecule has 2 aliphatic heterocycles. The van der Waals surface area contributed by atoms with Crippen molar-refractivity contribution < 1.29 is 19.1 Å². The van der Waals surface area contributed by atoms with E-state index in [0.29, 0.717) is 24.2 Å². The summed E-state index contributed by atoms with van der Waals surface area (Å²) in [4.78, 5) is 28.2. The van der Waals surface area contributed by atoms with Crippen LogP contribution < -0.4 is 4.90 Å². The molecule has 0 saturated carbocycles. The molecule has 0 aromatic heterocycles. The van der Waals surface area contributed by atoms with Crippen LogP contribution in [0.15, 0.2) is 18.2 Å². The summed E-state index contributed by atoms with van der Waals surface area (Å²) in [5, 5.41) is 9.19. The van der Waals surface area contributed by atoms with E-state index in [1.807, 2.05) is 32.9 Å². The SMILES string of the molecule is COC(=O)c1cc(N2CC3(CCN(C(=O)OC(C)(C)C)CC3)C2)ccc1C#N. The highest BCUT2D eigenvalue weighted by Crippen LogP contribution is 2.43. The highest BCUT2D eigenvalue weighted by molar-refractivity contribution is 5.93. The maximum absolute atomic E-state index is 12.2. The summed E-state index contributed by atoms with van der Waals surface area (Å²) in [6, 6.07) is 7.29. The fourth-order valence-electron chi connectivity index (χ4n) is 3.86. The first-order chi connectivity index (χ1) is 13.2. The maximum atomic E-state index is 12.2. The molecule has 1 spiro atoms. The van der Waals surface area contributed by atoms with E-state index in [0.717, 1.165) is 31.6 Å². The van der Waals surface area contributed by atoms with Gasteiger partial charge in [0.25, 0.3) is 0 Å². The minimum atomic E-state index is -0.501. The number of nitriles is 1. The molecule has 7 heteroatoms. The minimum Gasteiger partial charge on any atom is -0.465 e. The van der Waals surface area contributed by atoms with Crippen LogP contribution in [0.2, 0.25) is 0 Å². The molecule has 0 unspecified atom stereocenters. The van der Waals surface area contributed by atoms with Crippen molar-refractivity contribution in [3.8, 4) is 6.07 Å². The van der Waals surface area contributed by atoms with E-state index >= 15 is 0 Å². The Bertz CT molecular complexity index is 806. The first-order valence-electron chi connectivity index (χ1n) is 9.52. The van der Waals surface area contributed by atoms with E-state index in [1.165, 1.54) is 7.11 Å². The molecule has 0 aliphatic carbocycles. The van der Waals surface area contributed by atoms with Crippen LogP contribution >= 0.6 is 0 Å². The Balaban J connectivity index is 1.60. The number of rotatable bonds is 2. The van der Waals surface area contributed by atoms with Crippen LogP contribution in [0.5, 0.6) is 0 Å². The van der Waals surface area contributed by atoms with Gasteiger partial charge in [-0.25, -0.2) is 9.59 Å². The molecule has 150 valence electrons. The van der Waals surface area contributed by atoms with Crippen LogP contribution in [-0.2, 0) is 9.47 Å². The molecule has 1 amide bonds. The Hall–Kier alpha value is -2.75. The number of likely N-dealkylation sites (tertiary alicyclic amines) is 1. The molecule has 28 heavy (non-hydrogen) atoms. The largest absolute Gasteiger partial charge is 0.465 e. The predicted octanol–water partition coefficient (Wildman–Crippen LogP) is 3.18. The molecule has 0 N–H and O–H groups in total. The van der Waals surface area contributed by atoms with Gasteiger partial charge in [-0.3, -0.25) is 0 Å². The second-order valence-corrected chi connectivity index (χ2v) is 8.66. The van der Waals surface area contributed by atoms with Crippen molar-refractivity contribution >= 4 is 17.7 Å². The van der Waals surface area contributed by atoms with Gasteiger partial charge in [0.15, 0.2) is 0 Å². The first kappa shape index (κ1) is 20.0. The zero-order valence-corrected chi connectivity index (χ0v) is 16.9. The monoisotopic (exact) mass is 385 g/mol. The van der Waals surface area contributed by atoms with Gasteiger partial charge in [-0.2, -0.15) is 5.26 Å². The molecule has 1 aromatic carbocycles. The zero-order valence-electron chi connectivity index (χ0n) is 16.9. The summed E-state index contributed by atoms with van der Waals surface area (Å²) in [5.74, 6) is -0.501. The second-order valence-electron chi connectivity index (χ2n) is 8.66. The molecule has 2 saturated heterocycles. The van der Waals surface area contributed by atoms with Crippen LogP contribution in [0.3, 0.4) is 0 Å². The highest BCUT2D eigenvalue weighted by atomic mass is 16.6. The molecule has 0 bridgehead atoms. The van der Waals surface area contributed by atoms with Crippen molar-refractivity contribution in [3.05, 3.63) is 29.3 Å². The third-order valence-corrected chi connectivity index (χ3v) is 5.42. The molecule has 7 nitrogen and oxygen atoms in total. The second kappa shape index (κ2) is 7.34. The number of esters is 1. The number of methoxy groups -OCH3 is 1. The average molecular weight is 385 g/mol. The number of nitrogens with zero attached hydrogens (tertiary/aromatic N) is 3. The fraction of sp³-hybridized carbons (Fsp3) is 0.571. The fourth-order valence-corrected chi connectivity index (χ4v) is 3.86. The zero-order chi connectivity index (χ0) is 20.5. The number of anilines is 1. The van der Waals surface area contributed by atoms with Crippen molar-refractivity contribution in [1.29, 1.82) is 5.26 Å². The lowest BCUT2D eigenvalue weighted by Crippen LogP contribution is -2.61. The Morgan fingerprint density at radius 3 is 2.36 bits per heavy atom. The van der Waals surface area contributed by atoms with E-state index < -0.39 is 11.6 Å². The van der Waals surface area contributed by atoms with Crippen LogP contribution in [-0.4, -0.2) is 55.9 Å². The van der Waals surface area contributed by atoms with E-state index in [4.69, 9.17) is 9.47 Å². The molecule has 0 radical (unpaired) electrons. The van der Waals surface area contributed by atoms with Gasteiger partial charge in [0, 0.05) is 37.3 Å². The highest BCUT2D eigenvalue weighted by Gasteiger charge is 2.46. The molecule has 2 heterocycles. The van der Waals surface area contributed by atoms with Crippen molar-refractivity contribution in [2.75, 3.05) is 38.2 Å². The third kappa shape index (κ3) is 4.06. The number of hydrogen-bond donors (Lipinski definition) is 0. The third-order valence-electron chi connectivity index (χ3n) is 5.42. The molecule has 3 rings (SSSR count). The Labute approximate surface area is 165 Å². The van der Waals surface area contributed by atoms with Crippen LogP contribution in [0, 0.1) is 16.7 Å². The summed E-state index contributed by atoms with van der Waals surface area (Å²) in [7, 11) is 1.31. The van der Waals surface area contributed by atoms with E-state index in [2.05, 4.69) is 4.90 Å². The van der Waals surface area contributed by atoms with Crippen LogP contribution in [0.1, 0.15) is 49.5 Å². The minimum absolute atomic E-state index is 0.192. The topological polar surface area (TPSA) is 82.9 Å². The maximum Gasteiger partial charge on any atom is 0.410 e. The summed E-state index contributed by atoms with van der Waals surface area (Å²) in [6.45, 7) is 8.78. The van der Waals surface area contributed by atoms with Gasteiger partial charge >= 0.3 is 12.1 Å². The van der Waals surface area contributed by atoms with Gasteiger partial charge in [0.1, 0.15) is 11.7 Å². The lowest BCUT2D eigenvalue weighted by molar-refractivity contribution is 0.00598. The van der Waals surface area contributed by atoms with Crippen molar-refractivity contribution in [3.63, 3.8) is 0 Å². The smallest absolute Gasteiger partial charge is 0.410 e.